The van der Waals surface area contributed by atoms with Crippen molar-refractivity contribution in [3.8, 4) is 11.5 Å². The fourth-order valence-electron chi connectivity index (χ4n) is 2.65. The van der Waals surface area contributed by atoms with E-state index in [1.807, 2.05) is 0 Å². The van der Waals surface area contributed by atoms with E-state index < -0.39 is 16.9 Å². The molecule has 1 aliphatic heterocycles. The summed E-state index contributed by atoms with van der Waals surface area (Å²) in [6.07, 6.45) is 1.39. The number of nitrogens with zero attached hydrogens (tertiary/aromatic N) is 4. The van der Waals surface area contributed by atoms with Gasteiger partial charge in [0, 0.05) is 17.8 Å². The van der Waals surface area contributed by atoms with Crippen LogP contribution < -0.4 is 25.5 Å². The number of aromatic nitrogens is 2. The number of nitrogens with one attached hydrogen (secondary N) is 3. The summed E-state index contributed by atoms with van der Waals surface area (Å²) in [5, 5.41) is 27.8. The third-order valence-corrected chi connectivity index (χ3v) is 4.97. The van der Waals surface area contributed by atoms with Gasteiger partial charge in [0.05, 0.1) is 17.6 Å². The maximum Gasteiger partial charge on any atom is 0.325 e. The molecule has 0 atom stereocenters. The molecule has 3 amide bonds. The molecule has 0 unspecified atom stereocenters. The Kier molecular flexibility index (Phi) is 6.36. The zero-order valence-electron chi connectivity index (χ0n) is 16.7. The molecule has 2 heterocycles. The molecule has 168 valence electrons. The van der Waals surface area contributed by atoms with Gasteiger partial charge >= 0.3 is 6.03 Å². The second-order valence-electron chi connectivity index (χ2n) is 6.47. The van der Waals surface area contributed by atoms with Gasteiger partial charge in [0.15, 0.2) is 11.5 Å². The number of carbonyl (C=O) groups is 2. The third-order valence-electron chi connectivity index (χ3n) is 4.13. The Morgan fingerprint density at radius 1 is 1.12 bits per heavy atom. The minimum Gasteiger partial charge on any atom is -0.454 e. The third kappa shape index (κ3) is 5.76. The molecular weight excluding hydrogens is 454 g/mol. The minimum absolute atomic E-state index is 0.0816. The number of ether oxygens (including phenoxy) is 2. The van der Waals surface area contributed by atoms with E-state index in [1.165, 1.54) is 30.5 Å². The highest BCUT2D eigenvalue weighted by Gasteiger charge is 2.14. The van der Waals surface area contributed by atoms with Crippen molar-refractivity contribution >= 4 is 46.0 Å². The fourth-order valence-corrected chi connectivity index (χ4v) is 3.38. The summed E-state index contributed by atoms with van der Waals surface area (Å²) < 4.78 is 10.5. The number of nitro benzene ring substituents is 1. The molecule has 0 saturated carbocycles. The Morgan fingerprint density at radius 3 is 2.70 bits per heavy atom. The lowest BCUT2D eigenvalue weighted by Gasteiger charge is -2.04. The predicted molar refractivity (Wildman–Crippen MR) is 118 cm³/mol. The van der Waals surface area contributed by atoms with Crippen molar-refractivity contribution in [1.82, 2.24) is 15.6 Å². The first kappa shape index (κ1) is 21.6. The molecule has 1 aromatic heterocycles. The second-order valence-corrected chi connectivity index (χ2v) is 7.53. The summed E-state index contributed by atoms with van der Waals surface area (Å²) in [4.78, 5) is 34.2. The molecule has 4 rings (SSSR count). The first-order valence-electron chi connectivity index (χ1n) is 9.33. The maximum atomic E-state index is 12.1. The normalized spacial score (nSPS) is 11.9. The number of hydrogen-bond acceptors (Lipinski definition) is 10. The number of urea groups is 1. The van der Waals surface area contributed by atoms with Crippen LogP contribution in [0.1, 0.15) is 10.6 Å². The van der Waals surface area contributed by atoms with Crippen LogP contribution in [-0.4, -0.2) is 40.1 Å². The molecule has 1 aliphatic rings. The van der Waals surface area contributed by atoms with Crippen LogP contribution >= 0.6 is 11.3 Å². The lowest BCUT2D eigenvalue weighted by molar-refractivity contribution is -0.384. The molecule has 33 heavy (non-hydrogen) atoms. The predicted octanol–water partition coefficient (Wildman–Crippen LogP) is 2.51. The molecule has 0 radical (unpaired) electrons. The lowest BCUT2D eigenvalue weighted by Crippen LogP contribution is -2.19. The van der Waals surface area contributed by atoms with E-state index in [2.05, 4.69) is 31.4 Å². The van der Waals surface area contributed by atoms with Crippen LogP contribution in [0.3, 0.4) is 0 Å². The van der Waals surface area contributed by atoms with Crippen molar-refractivity contribution in [1.29, 1.82) is 0 Å². The van der Waals surface area contributed by atoms with Gasteiger partial charge in [0.2, 0.25) is 17.8 Å². The molecule has 0 spiro atoms. The summed E-state index contributed by atoms with van der Waals surface area (Å²) >= 11 is 1.02. The molecular formula is C19H15N7O6S. The van der Waals surface area contributed by atoms with Gasteiger partial charge in [0.25, 0.3) is 5.69 Å². The van der Waals surface area contributed by atoms with Gasteiger partial charge in [-0.3, -0.25) is 20.2 Å². The monoisotopic (exact) mass is 469 g/mol. The van der Waals surface area contributed by atoms with Gasteiger partial charge in [-0.2, -0.15) is 5.10 Å². The quantitative estimate of drug-likeness (QED) is 0.269. The molecule has 0 saturated heterocycles. The van der Waals surface area contributed by atoms with E-state index in [0.29, 0.717) is 22.2 Å². The Balaban J connectivity index is 1.24. The molecule has 13 nitrogen and oxygen atoms in total. The Morgan fingerprint density at radius 2 is 1.91 bits per heavy atom. The number of rotatable bonds is 7. The van der Waals surface area contributed by atoms with Gasteiger partial charge in [-0.05, 0) is 35.9 Å². The van der Waals surface area contributed by atoms with Gasteiger partial charge in [-0.25, -0.2) is 10.2 Å². The maximum absolute atomic E-state index is 12.1. The molecule has 3 N–H and O–H groups in total. The van der Waals surface area contributed by atoms with Crippen molar-refractivity contribution in [2.45, 2.75) is 6.42 Å². The largest absolute Gasteiger partial charge is 0.454 e. The smallest absolute Gasteiger partial charge is 0.325 e. The summed E-state index contributed by atoms with van der Waals surface area (Å²) in [5.74, 6) is 0.847. The van der Waals surface area contributed by atoms with Gasteiger partial charge in [0.1, 0.15) is 5.01 Å². The first-order chi connectivity index (χ1) is 16.0. The van der Waals surface area contributed by atoms with Crippen LogP contribution in [0, 0.1) is 10.1 Å². The average molecular weight is 469 g/mol. The van der Waals surface area contributed by atoms with Gasteiger partial charge in [-0.1, -0.05) is 11.3 Å². The van der Waals surface area contributed by atoms with E-state index >= 15 is 0 Å². The van der Waals surface area contributed by atoms with Crippen LogP contribution in [0.25, 0.3) is 0 Å². The molecule has 0 fully saturated rings. The molecule has 14 heteroatoms. The van der Waals surface area contributed by atoms with Crippen LogP contribution in [0.5, 0.6) is 11.5 Å². The minimum atomic E-state index is -0.607. The topological polar surface area (TPSA) is 170 Å². The van der Waals surface area contributed by atoms with Crippen LogP contribution in [0.15, 0.2) is 47.6 Å². The fraction of sp³-hybridized carbons (Fsp3) is 0.105. The lowest BCUT2D eigenvalue weighted by atomic mass is 10.2. The molecule has 2 aromatic carbocycles. The molecule has 0 bridgehead atoms. The number of fused-ring (bicyclic) bond motifs is 1. The van der Waals surface area contributed by atoms with Crippen molar-refractivity contribution in [3.63, 3.8) is 0 Å². The highest BCUT2D eigenvalue weighted by molar-refractivity contribution is 7.15. The summed E-state index contributed by atoms with van der Waals surface area (Å²) in [5.41, 5.74) is 3.39. The standard InChI is InChI=1S/C19H15N7O6S/c27-16(23-20-9-11-1-6-14-15(7-11)32-10-31-14)8-17-24-25-19(33-17)22-18(28)21-12-2-4-13(5-3-12)26(29)30/h1-7,9H,8,10H2,(H,23,27)(H2,21,22,25,28)/b20-9-. The summed E-state index contributed by atoms with van der Waals surface area (Å²) in [7, 11) is 0. The SMILES string of the molecule is O=C(Cc1nnc(NC(=O)Nc2ccc([N+](=O)[O-])cc2)s1)N/N=C\c1ccc2c(c1)OCO2. The van der Waals surface area contributed by atoms with Crippen molar-refractivity contribution < 1.29 is 24.0 Å². The van der Waals surface area contributed by atoms with E-state index in [0.717, 1.165) is 16.9 Å². The van der Waals surface area contributed by atoms with E-state index in [1.54, 1.807) is 18.2 Å². The number of hydrogen-bond donors (Lipinski definition) is 3. The summed E-state index contributed by atoms with van der Waals surface area (Å²) in [6.45, 7) is 0.171. The van der Waals surface area contributed by atoms with E-state index in [4.69, 9.17) is 9.47 Å². The van der Waals surface area contributed by atoms with Crippen molar-refractivity contribution in [2.24, 2.45) is 5.10 Å². The number of non-ortho nitro benzene ring substituents is 1. The Hall–Kier alpha value is -4.59. The zero-order valence-corrected chi connectivity index (χ0v) is 17.5. The Bertz CT molecular complexity index is 1230. The average Bonchev–Trinajstić information content (AvgIpc) is 3.43. The highest BCUT2D eigenvalue weighted by atomic mass is 32.1. The van der Waals surface area contributed by atoms with Crippen molar-refractivity contribution in [3.05, 3.63) is 63.1 Å². The number of hydrazone groups is 1. The molecule has 3 aromatic rings. The van der Waals surface area contributed by atoms with Crippen LogP contribution in [-0.2, 0) is 11.2 Å². The summed E-state index contributed by atoms with van der Waals surface area (Å²) in [6, 6.07) is 9.99. The van der Waals surface area contributed by atoms with Gasteiger partial charge < -0.3 is 14.8 Å². The number of nitro groups is 1. The molecule has 0 aliphatic carbocycles. The number of amides is 3. The highest BCUT2D eigenvalue weighted by Crippen LogP contribution is 2.31. The van der Waals surface area contributed by atoms with Crippen LogP contribution in [0.4, 0.5) is 21.3 Å². The first-order valence-corrected chi connectivity index (χ1v) is 10.1. The number of carbonyl (C=O) groups excluding carboxylic acids is 2. The van der Waals surface area contributed by atoms with E-state index in [-0.39, 0.29) is 24.0 Å². The number of anilines is 2. The van der Waals surface area contributed by atoms with E-state index in [9.17, 15) is 19.7 Å². The van der Waals surface area contributed by atoms with Crippen LogP contribution in [0.2, 0.25) is 0 Å². The second kappa shape index (κ2) is 9.69. The van der Waals surface area contributed by atoms with Crippen molar-refractivity contribution in [2.75, 3.05) is 17.4 Å². The van der Waals surface area contributed by atoms with Gasteiger partial charge in [-0.15, -0.1) is 10.2 Å². The number of benzene rings is 2. The zero-order chi connectivity index (χ0) is 23.2. The Labute approximate surface area is 189 Å².